The second-order valence-corrected chi connectivity index (χ2v) is 8.92. The average molecular weight is 341 g/mol. The molecular weight excluding hydrogens is 313 g/mol. The Morgan fingerprint density at radius 3 is 1.88 bits per heavy atom. The number of halogens is 1. The molecule has 0 saturated carbocycles. The fourth-order valence-corrected chi connectivity index (χ4v) is 2.28. The van der Waals surface area contributed by atoms with Crippen molar-refractivity contribution in [2.24, 2.45) is 0 Å². The first-order chi connectivity index (χ1) is 6.97. The first kappa shape index (κ1) is 16.6. The molecule has 3 heteroatoms. The van der Waals surface area contributed by atoms with Gasteiger partial charge in [0.15, 0.2) is 0 Å². The van der Waals surface area contributed by atoms with Gasteiger partial charge in [0.2, 0.25) is 0 Å². The van der Waals surface area contributed by atoms with Crippen LogP contribution in [-0.2, 0) is 4.74 Å². The van der Waals surface area contributed by atoms with Crippen LogP contribution in [0.4, 0.5) is 0 Å². The quantitative estimate of drug-likeness (QED) is 0.446. The molecule has 0 fully saturated rings. The van der Waals surface area contributed by atoms with Gasteiger partial charge in [-0.25, -0.2) is 0 Å². The predicted octanol–water partition coefficient (Wildman–Crippen LogP) is 4.12. The number of alkyl halides is 1. The Hall–Kier alpha value is 0.650. The van der Waals surface area contributed by atoms with Crippen molar-refractivity contribution in [3.05, 3.63) is 0 Å². The highest BCUT2D eigenvalue weighted by molar-refractivity contribution is 14.1. The van der Waals surface area contributed by atoms with Crippen LogP contribution in [0.2, 0.25) is 0 Å². The van der Waals surface area contributed by atoms with Gasteiger partial charge < -0.3 is 4.74 Å². The van der Waals surface area contributed by atoms with Crippen molar-refractivity contribution in [2.75, 3.05) is 6.61 Å². The summed E-state index contributed by atoms with van der Waals surface area (Å²) in [7, 11) is 0. The van der Waals surface area contributed by atoms with E-state index < -0.39 is 0 Å². The molecule has 0 spiro atoms. The van der Waals surface area contributed by atoms with Crippen LogP contribution < -0.4 is 5.32 Å². The Balaban J connectivity index is 4.18. The van der Waals surface area contributed by atoms with Gasteiger partial charge in [-0.2, -0.15) is 0 Å². The van der Waals surface area contributed by atoms with Gasteiger partial charge in [0.25, 0.3) is 0 Å². The van der Waals surface area contributed by atoms with E-state index in [1.54, 1.807) is 0 Å². The lowest BCUT2D eigenvalue weighted by molar-refractivity contribution is -0.0135. The Kier molecular flexibility index (Phi) is 6.25. The van der Waals surface area contributed by atoms with Gasteiger partial charge in [-0.15, -0.1) is 0 Å². The van der Waals surface area contributed by atoms with Crippen LogP contribution >= 0.6 is 22.6 Å². The molecule has 0 amide bonds. The molecule has 0 aliphatic carbocycles. The number of ether oxygens (including phenoxy) is 1. The van der Waals surface area contributed by atoms with E-state index in [4.69, 9.17) is 4.74 Å². The topological polar surface area (TPSA) is 21.3 Å². The molecule has 0 bridgehead atoms. The van der Waals surface area contributed by atoms with E-state index >= 15 is 0 Å². The van der Waals surface area contributed by atoms with E-state index in [2.05, 4.69) is 76.4 Å². The van der Waals surface area contributed by atoms with Crippen LogP contribution in [0.1, 0.15) is 61.3 Å². The molecule has 1 unspecified atom stereocenters. The number of rotatable bonds is 6. The van der Waals surface area contributed by atoms with Gasteiger partial charge in [0, 0.05) is 12.1 Å². The van der Waals surface area contributed by atoms with Gasteiger partial charge >= 0.3 is 0 Å². The lowest BCUT2D eigenvalue weighted by Gasteiger charge is -2.37. The summed E-state index contributed by atoms with van der Waals surface area (Å²) in [5, 5.41) is 3.68. The Bertz CT molecular complexity index is 205. The van der Waals surface area contributed by atoms with E-state index in [0.29, 0.717) is 0 Å². The van der Waals surface area contributed by atoms with E-state index in [9.17, 15) is 0 Å². The summed E-state index contributed by atoms with van der Waals surface area (Å²) in [6.45, 7) is 16.0. The smallest absolute Gasteiger partial charge is 0.0652 e. The van der Waals surface area contributed by atoms with Gasteiger partial charge in [0.1, 0.15) is 0 Å². The Labute approximate surface area is 115 Å². The Morgan fingerprint density at radius 1 is 1.06 bits per heavy atom. The van der Waals surface area contributed by atoms with E-state index in [-0.39, 0.29) is 14.7 Å². The summed E-state index contributed by atoms with van der Waals surface area (Å²) in [5.74, 6) is 0. The van der Waals surface area contributed by atoms with Crippen molar-refractivity contribution in [3.63, 3.8) is 0 Å². The van der Waals surface area contributed by atoms with Crippen LogP contribution in [0.5, 0.6) is 0 Å². The van der Waals surface area contributed by atoms with Gasteiger partial charge in [-0.05, 0) is 54.4 Å². The minimum Gasteiger partial charge on any atom is -0.376 e. The highest BCUT2D eigenvalue weighted by Crippen LogP contribution is 2.23. The molecule has 0 saturated heterocycles. The standard InChI is InChI=1S/C13H28INO/c1-8-13(7,15-12(5,6)14)9-10-16-11(2,3)4/h15H,8-10H2,1-7H3. The molecule has 2 nitrogen and oxygen atoms in total. The van der Waals surface area contributed by atoms with Crippen LogP contribution in [0.25, 0.3) is 0 Å². The highest BCUT2D eigenvalue weighted by atomic mass is 127. The predicted molar refractivity (Wildman–Crippen MR) is 80.3 cm³/mol. The van der Waals surface area contributed by atoms with Crippen molar-refractivity contribution >= 4 is 22.6 Å². The molecule has 0 aromatic rings. The molecule has 1 atom stereocenters. The van der Waals surface area contributed by atoms with Crippen LogP contribution in [0.3, 0.4) is 0 Å². The molecule has 0 aliphatic rings. The molecular formula is C13H28INO. The molecule has 0 aliphatic heterocycles. The van der Waals surface area contributed by atoms with Crippen LogP contribution in [-0.4, -0.2) is 21.3 Å². The summed E-state index contributed by atoms with van der Waals surface area (Å²) in [4.78, 5) is 0. The maximum atomic E-state index is 5.80. The van der Waals surface area contributed by atoms with Gasteiger partial charge in [-0.3, -0.25) is 5.32 Å². The van der Waals surface area contributed by atoms with Crippen LogP contribution in [0, 0.1) is 0 Å². The zero-order valence-corrected chi connectivity index (χ0v) is 14.1. The third-order valence-electron chi connectivity index (χ3n) is 2.57. The molecule has 0 aromatic heterocycles. The minimum atomic E-state index is -0.0332. The summed E-state index contributed by atoms with van der Waals surface area (Å²) in [6.07, 6.45) is 2.17. The Morgan fingerprint density at radius 2 is 1.56 bits per heavy atom. The third kappa shape index (κ3) is 8.76. The molecule has 1 N–H and O–H groups in total. The van der Waals surface area contributed by atoms with E-state index in [0.717, 1.165) is 19.4 Å². The molecule has 0 heterocycles. The molecule has 16 heavy (non-hydrogen) atoms. The first-order valence-electron chi connectivity index (χ1n) is 6.10. The van der Waals surface area contributed by atoms with Gasteiger partial charge in [-0.1, -0.05) is 29.5 Å². The summed E-state index contributed by atoms with van der Waals surface area (Å²) < 4.78 is 5.93. The maximum Gasteiger partial charge on any atom is 0.0652 e. The zero-order valence-electron chi connectivity index (χ0n) is 11.9. The number of hydrogen-bond donors (Lipinski definition) is 1. The average Bonchev–Trinajstić information content (AvgIpc) is 1.98. The summed E-state index contributed by atoms with van der Waals surface area (Å²) in [6, 6.07) is 0. The van der Waals surface area contributed by atoms with Gasteiger partial charge in [0.05, 0.1) is 9.15 Å². The van der Waals surface area contributed by atoms with Crippen molar-refractivity contribution in [2.45, 2.75) is 76.0 Å². The fourth-order valence-electron chi connectivity index (χ4n) is 1.63. The minimum absolute atomic E-state index is 0.0332. The largest absolute Gasteiger partial charge is 0.376 e. The molecule has 98 valence electrons. The van der Waals surface area contributed by atoms with E-state index in [1.165, 1.54) is 0 Å². The highest BCUT2D eigenvalue weighted by Gasteiger charge is 2.28. The SMILES string of the molecule is CCC(C)(CCOC(C)(C)C)NC(C)(C)I. The molecule has 0 aromatic carbocycles. The van der Waals surface area contributed by atoms with Crippen molar-refractivity contribution in [3.8, 4) is 0 Å². The van der Waals surface area contributed by atoms with E-state index in [1.807, 2.05) is 0 Å². The first-order valence-corrected chi connectivity index (χ1v) is 7.17. The second kappa shape index (κ2) is 6.01. The zero-order chi connectivity index (χ0) is 13.0. The van der Waals surface area contributed by atoms with Crippen LogP contribution in [0.15, 0.2) is 0 Å². The maximum absolute atomic E-state index is 5.80. The van der Waals surface area contributed by atoms with Crippen molar-refractivity contribution in [1.82, 2.24) is 5.32 Å². The lowest BCUT2D eigenvalue weighted by Crippen LogP contribution is -2.51. The van der Waals surface area contributed by atoms with Crippen molar-refractivity contribution in [1.29, 1.82) is 0 Å². The molecule has 0 radical (unpaired) electrons. The summed E-state index contributed by atoms with van der Waals surface area (Å²) >= 11 is 2.44. The van der Waals surface area contributed by atoms with Crippen molar-refractivity contribution < 1.29 is 4.74 Å². The lowest BCUT2D eigenvalue weighted by atomic mass is 9.94. The summed E-state index contributed by atoms with van der Waals surface area (Å²) in [5.41, 5.74) is 0.129. The number of hydrogen-bond acceptors (Lipinski definition) is 2. The number of nitrogens with one attached hydrogen (secondary N) is 1. The third-order valence-corrected chi connectivity index (χ3v) is 2.84. The normalized spacial score (nSPS) is 17.2. The fraction of sp³-hybridized carbons (Fsp3) is 1.00. The second-order valence-electron chi connectivity index (χ2n) is 6.22. The monoisotopic (exact) mass is 341 g/mol. The molecule has 0 rings (SSSR count).